The van der Waals surface area contributed by atoms with E-state index in [1.165, 1.54) is 12.8 Å². The molecule has 1 rings (SSSR count). The quantitative estimate of drug-likeness (QED) is 0.662. The summed E-state index contributed by atoms with van der Waals surface area (Å²) in [6.45, 7) is 4.97. The second-order valence-electron chi connectivity index (χ2n) is 4.70. The van der Waals surface area contributed by atoms with Gasteiger partial charge < -0.3 is 4.74 Å². The smallest absolute Gasteiger partial charge is 0.118 e. The minimum Gasteiger partial charge on any atom is -0.384 e. The molecular formula is C12H22N2OS. The van der Waals surface area contributed by atoms with E-state index in [1.807, 2.05) is 11.8 Å². The molecular weight excluding hydrogens is 220 g/mol. The molecule has 0 amide bonds. The zero-order valence-corrected chi connectivity index (χ0v) is 11.3. The number of nitrogens with zero attached hydrogens (tertiary/aromatic N) is 1. The number of hydrogen-bond acceptors (Lipinski definition) is 4. The third-order valence-corrected chi connectivity index (χ3v) is 3.90. The van der Waals surface area contributed by atoms with Gasteiger partial charge in [-0.2, -0.15) is 17.0 Å². The van der Waals surface area contributed by atoms with Gasteiger partial charge in [0, 0.05) is 24.7 Å². The Kier molecular flexibility index (Phi) is 5.60. The molecule has 0 radical (unpaired) electrons. The van der Waals surface area contributed by atoms with Crippen molar-refractivity contribution in [2.24, 2.45) is 5.92 Å². The first-order valence-electron chi connectivity index (χ1n) is 5.90. The zero-order chi connectivity index (χ0) is 12.0. The van der Waals surface area contributed by atoms with Crippen molar-refractivity contribution < 1.29 is 4.74 Å². The molecule has 0 heterocycles. The summed E-state index contributed by atoms with van der Waals surface area (Å²) in [4.78, 5) is 0. The number of thioether (sulfide) groups is 1. The van der Waals surface area contributed by atoms with Crippen molar-refractivity contribution in [2.75, 3.05) is 25.2 Å². The number of methoxy groups -OCH3 is 1. The van der Waals surface area contributed by atoms with E-state index >= 15 is 0 Å². The summed E-state index contributed by atoms with van der Waals surface area (Å²) in [7, 11) is 1.71. The summed E-state index contributed by atoms with van der Waals surface area (Å²) in [6.07, 6.45) is 2.39. The van der Waals surface area contributed by atoms with Gasteiger partial charge in [-0.25, -0.2) is 0 Å². The van der Waals surface area contributed by atoms with Gasteiger partial charge in [-0.05, 0) is 32.6 Å². The van der Waals surface area contributed by atoms with Crippen LogP contribution < -0.4 is 5.32 Å². The predicted molar refractivity (Wildman–Crippen MR) is 68.5 cm³/mol. The highest BCUT2D eigenvalue weighted by Gasteiger charge is 2.45. The largest absolute Gasteiger partial charge is 0.384 e. The van der Waals surface area contributed by atoms with Crippen molar-refractivity contribution in [2.45, 2.75) is 38.3 Å². The predicted octanol–water partition coefficient (Wildman–Crippen LogP) is 2.04. The van der Waals surface area contributed by atoms with Crippen LogP contribution in [0, 0.1) is 17.2 Å². The van der Waals surface area contributed by atoms with Crippen molar-refractivity contribution in [1.82, 2.24) is 5.32 Å². The lowest BCUT2D eigenvalue weighted by Crippen LogP contribution is -2.51. The van der Waals surface area contributed by atoms with Gasteiger partial charge in [0.1, 0.15) is 5.54 Å². The van der Waals surface area contributed by atoms with Gasteiger partial charge in [-0.1, -0.05) is 0 Å². The molecule has 0 aliphatic heterocycles. The van der Waals surface area contributed by atoms with E-state index in [9.17, 15) is 5.26 Å². The molecule has 1 atom stereocenters. The molecule has 0 aromatic rings. The molecule has 4 heteroatoms. The molecule has 3 nitrogen and oxygen atoms in total. The van der Waals surface area contributed by atoms with E-state index in [2.05, 4.69) is 25.2 Å². The minimum atomic E-state index is -0.313. The molecule has 92 valence electrons. The normalized spacial score (nSPS) is 19.4. The van der Waals surface area contributed by atoms with E-state index in [-0.39, 0.29) is 5.54 Å². The molecule has 0 aromatic carbocycles. The van der Waals surface area contributed by atoms with Crippen molar-refractivity contribution >= 4 is 11.8 Å². The SMILES string of the molecule is COCCSCC(C#N)(NC(C)C)C1CC1. The van der Waals surface area contributed by atoms with Crippen LogP contribution in [0.5, 0.6) is 0 Å². The number of nitrogens with one attached hydrogen (secondary N) is 1. The van der Waals surface area contributed by atoms with Crippen LogP contribution in [0.15, 0.2) is 0 Å². The van der Waals surface area contributed by atoms with E-state index in [4.69, 9.17) is 4.74 Å². The molecule has 0 bridgehead atoms. The maximum absolute atomic E-state index is 9.44. The summed E-state index contributed by atoms with van der Waals surface area (Å²) >= 11 is 1.81. The van der Waals surface area contributed by atoms with Crippen LogP contribution in [-0.4, -0.2) is 36.8 Å². The average Bonchev–Trinajstić information content (AvgIpc) is 3.06. The number of ether oxygens (including phenoxy) is 1. The molecule has 1 fully saturated rings. The Labute approximate surface area is 103 Å². The Hall–Kier alpha value is -0.240. The van der Waals surface area contributed by atoms with Crippen LogP contribution in [0.3, 0.4) is 0 Å². The van der Waals surface area contributed by atoms with Gasteiger partial charge in [-0.15, -0.1) is 0 Å². The lowest BCUT2D eigenvalue weighted by atomic mass is 9.96. The first-order chi connectivity index (χ1) is 7.64. The second-order valence-corrected chi connectivity index (χ2v) is 5.81. The van der Waals surface area contributed by atoms with Crippen LogP contribution in [0.1, 0.15) is 26.7 Å². The highest BCUT2D eigenvalue weighted by atomic mass is 32.2. The molecule has 0 aromatic heterocycles. The number of rotatable bonds is 8. The third-order valence-electron chi connectivity index (χ3n) is 2.78. The topological polar surface area (TPSA) is 45.0 Å². The van der Waals surface area contributed by atoms with E-state index in [0.29, 0.717) is 12.0 Å². The van der Waals surface area contributed by atoms with E-state index in [1.54, 1.807) is 7.11 Å². The number of hydrogen-bond donors (Lipinski definition) is 1. The highest BCUT2D eigenvalue weighted by Crippen LogP contribution is 2.41. The van der Waals surface area contributed by atoms with Crippen molar-refractivity contribution in [3.05, 3.63) is 0 Å². The fourth-order valence-electron chi connectivity index (χ4n) is 1.90. The van der Waals surface area contributed by atoms with E-state index in [0.717, 1.165) is 18.1 Å². The Morgan fingerprint density at radius 1 is 1.56 bits per heavy atom. The Morgan fingerprint density at radius 3 is 2.69 bits per heavy atom. The molecule has 1 unspecified atom stereocenters. The van der Waals surface area contributed by atoms with Gasteiger partial charge >= 0.3 is 0 Å². The summed E-state index contributed by atoms with van der Waals surface area (Å²) in [5.41, 5.74) is -0.313. The molecule has 1 saturated carbocycles. The Morgan fingerprint density at radius 2 is 2.25 bits per heavy atom. The molecule has 0 saturated heterocycles. The molecule has 1 aliphatic rings. The van der Waals surface area contributed by atoms with Crippen LogP contribution in [0.25, 0.3) is 0 Å². The van der Waals surface area contributed by atoms with Gasteiger partial charge in [0.2, 0.25) is 0 Å². The monoisotopic (exact) mass is 242 g/mol. The maximum Gasteiger partial charge on any atom is 0.118 e. The first kappa shape index (κ1) is 13.8. The highest BCUT2D eigenvalue weighted by molar-refractivity contribution is 7.99. The second kappa shape index (κ2) is 6.48. The summed E-state index contributed by atoms with van der Waals surface area (Å²) < 4.78 is 5.02. The average molecular weight is 242 g/mol. The van der Waals surface area contributed by atoms with Crippen molar-refractivity contribution in [1.29, 1.82) is 5.26 Å². The van der Waals surface area contributed by atoms with Gasteiger partial charge in [-0.3, -0.25) is 5.32 Å². The zero-order valence-electron chi connectivity index (χ0n) is 10.5. The molecule has 0 spiro atoms. The van der Waals surface area contributed by atoms with Crippen molar-refractivity contribution in [3.8, 4) is 6.07 Å². The number of nitriles is 1. The van der Waals surface area contributed by atoms with Gasteiger partial charge in [0.15, 0.2) is 0 Å². The first-order valence-corrected chi connectivity index (χ1v) is 7.05. The summed E-state index contributed by atoms with van der Waals surface area (Å²) in [5, 5.41) is 12.9. The molecule has 1 N–H and O–H groups in total. The standard InChI is InChI=1S/C12H22N2OS/c1-10(2)14-12(8-13,11-4-5-11)9-16-7-6-15-3/h10-11,14H,4-7,9H2,1-3H3. The Balaban J connectivity index is 2.46. The van der Waals surface area contributed by atoms with Crippen LogP contribution in [-0.2, 0) is 4.74 Å². The van der Waals surface area contributed by atoms with Crippen LogP contribution >= 0.6 is 11.8 Å². The van der Waals surface area contributed by atoms with Crippen molar-refractivity contribution in [3.63, 3.8) is 0 Å². The minimum absolute atomic E-state index is 0.313. The van der Waals surface area contributed by atoms with Crippen LogP contribution in [0.4, 0.5) is 0 Å². The lowest BCUT2D eigenvalue weighted by Gasteiger charge is -2.30. The van der Waals surface area contributed by atoms with E-state index < -0.39 is 0 Å². The summed E-state index contributed by atoms with van der Waals surface area (Å²) in [5.74, 6) is 2.39. The maximum atomic E-state index is 9.44. The van der Waals surface area contributed by atoms with Gasteiger partial charge in [0.25, 0.3) is 0 Å². The third kappa shape index (κ3) is 3.97. The Bertz CT molecular complexity index is 248. The fourth-order valence-corrected chi connectivity index (χ4v) is 3.03. The molecule has 16 heavy (non-hydrogen) atoms. The summed E-state index contributed by atoms with van der Waals surface area (Å²) in [6, 6.07) is 2.88. The molecule has 1 aliphatic carbocycles. The fraction of sp³-hybridized carbons (Fsp3) is 0.917. The van der Waals surface area contributed by atoms with Crippen LogP contribution in [0.2, 0.25) is 0 Å². The lowest BCUT2D eigenvalue weighted by molar-refractivity contribution is 0.218. The van der Waals surface area contributed by atoms with Gasteiger partial charge in [0.05, 0.1) is 12.7 Å².